The van der Waals surface area contributed by atoms with Gasteiger partial charge in [0.1, 0.15) is 11.7 Å². The summed E-state index contributed by atoms with van der Waals surface area (Å²) >= 11 is 5.85. The van der Waals surface area contributed by atoms with Crippen LogP contribution in [0.25, 0.3) is 6.08 Å². The predicted molar refractivity (Wildman–Crippen MR) is 100 cm³/mol. The first kappa shape index (κ1) is 20.3. The molecule has 2 amide bonds. The average Bonchev–Trinajstić information content (AvgIpc) is 3.14. The van der Waals surface area contributed by atoms with Gasteiger partial charge in [-0.15, -0.1) is 0 Å². The smallest absolute Gasteiger partial charge is 0.326 e. The van der Waals surface area contributed by atoms with Crippen molar-refractivity contribution in [2.75, 3.05) is 0 Å². The molecule has 2 rings (SSSR count). The van der Waals surface area contributed by atoms with Gasteiger partial charge >= 0.3 is 5.97 Å². The van der Waals surface area contributed by atoms with Crippen LogP contribution in [0.2, 0.25) is 5.02 Å². The minimum atomic E-state index is -1.17. The van der Waals surface area contributed by atoms with Gasteiger partial charge in [0.25, 0.3) is 11.8 Å². The molecule has 0 saturated carbocycles. The number of amides is 2. The van der Waals surface area contributed by atoms with Crippen molar-refractivity contribution in [1.29, 1.82) is 0 Å². The molecule has 7 nitrogen and oxygen atoms in total. The molecule has 3 N–H and O–H groups in total. The fourth-order valence-electron chi connectivity index (χ4n) is 2.21. The number of carboxylic acid groups (broad SMARTS) is 1. The van der Waals surface area contributed by atoms with E-state index in [9.17, 15) is 19.5 Å². The highest BCUT2D eigenvalue weighted by Crippen LogP contribution is 2.13. The zero-order valence-electron chi connectivity index (χ0n) is 14.7. The fraction of sp³-hybridized carbons (Fsp3) is 0.211. The maximum absolute atomic E-state index is 12.6. The molecule has 0 radical (unpaired) electrons. The second kappa shape index (κ2) is 9.05. The third-order valence-corrected chi connectivity index (χ3v) is 3.89. The van der Waals surface area contributed by atoms with Crippen molar-refractivity contribution in [2.24, 2.45) is 5.92 Å². The summed E-state index contributed by atoms with van der Waals surface area (Å²) in [6.45, 7) is 3.34. The zero-order valence-corrected chi connectivity index (χ0v) is 15.5. The van der Waals surface area contributed by atoms with E-state index < -0.39 is 23.8 Å². The highest BCUT2D eigenvalue weighted by molar-refractivity contribution is 6.30. The molecule has 1 unspecified atom stereocenters. The Morgan fingerprint density at radius 3 is 2.33 bits per heavy atom. The second-order valence-electron chi connectivity index (χ2n) is 6.07. The lowest BCUT2D eigenvalue weighted by Gasteiger charge is -2.19. The maximum Gasteiger partial charge on any atom is 0.326 e. The van der Waals surface area contributed by atoms with Crippen molar-refractivity contribution in [3.8, 4) is 0 Å². The van der Waals surface area contributed by atoms with Crippen molar-refractivity contribution >= 4 is 35.5 Å². The number of carbonyl (C=O) groups excluding carboxylic acids is 2. The maximum atomic E-state index is 12.6. The number of hydrogen-bond donors (Lipinski definition) is 3. The number of carboxylic acids is 1. The summed E-state index contributed by atoms with van der Waals surface area (Å²) in [5.74, 6) is -2.85. The van der Waals surface area contributed by atoms with Crippen LogP contribution in [0.5, 0.6) is 0 Å². The van der Waals surface area contributed by atoms with Gasteiger partial charge in [-0.2, -0.15) is 0 Å². The van der Waals surface area contributed by atoms with Gasteiger partial charge in [-0.25, -0.2) is 4.79 Å². The van der Waals surface area contributed by atoms with Crippen molar-refractivity contribution in [3.05, 3.63) is 64.7 Å². The molecule has 0 aliphatic rings. The Kier molecular flexibility index (Phi) is 6.79. The molecule has 2 aromatic rings. The largest absolute Gasteiger partial charge is 0.480 e. The van der Waals surface area contributed by atoms with E-state index in [1.165, 1.54) is 24.5 Å². The Morgan fingerprint density at radius 2 is 1.81 bits per heavy atom. The first-order chi connectivity index (χ1) is 12.8. The van der Waals surface area contributed by atoms with Gasteiger partial charge in [0.05, 0.1) is 6.26 Å². The van der Waals surface area contributed by atoms with Crippen molar-refractivity contribution in [2.45, 2.75) is 19.9 Å². The van der Waals surface area contributed by atoms with Gasteiger partial charge in [0.15, 0.2) is 5.76 Å². The van der Waals surface area contributed by atoms with Crippen LogP contribution in [0.3, 0.4) is 0 Å². The van der Waals surface area contributed by atoms with E-state index >= 15 is 0 Å². The highest BCUT2D eigenvalue weighted by Gasteiger charge is 2.26. The monoisotopic (exact) mass is 390 g/mol. The summed E-state index contributed by atoms with van der Waals surface area (Å²) in [5, 5.41) is 14.7. The van der Waals surface area contributed by atoms with Gasteiger partial charge in [0.2, 0.25) is 0 Å². The molecule has 27 heavy (non-hydrogen) atoms. The van der Waals surface area contributed by atoms with E-state index in [4.69, 9.17) is 16.0 Å². The number of rotatable bonds is 7. The van der Waals surface area contributed by atoms with Crippen LogP contribution in [0, 0.1) is 5.92 Å². The summed E-state index contributed by atoms with van der Waals surface area (Å²) in [6.07, 6.45) is 2.75. The SMILES string of the molecule is CC(C)C(NC(=O)C(=Cc1ccc(Cl)cc1)NC(=O)c1ccco1)C(=O)O. The summed E-state index contributed by atoms with van der Waals surface area (Å²) in [4.78, 5) is 36.2. The second-order valence-corrected chi connectivity index (χ2v) is 6.51. The minimum Gasteiger partial charge on any atom is -0.480 e. The lowest BCUT2D eigenvalue weighted by molar-refractivity contribution is -0.142. The molecule has 0 bridgehead atoms. The number of hydrogen-bond acceptors (Lipinski definition) is 4. The number of halogens is 1. The number of aliphatic carboxylic acids is 1. The lowest BCUT2D eigenvalue weighted by atomic mass is 10.0. The minimum absolute atomic E-state index is 0.0171. The average molecular weight is 391 g/mol. The number of benzene rings is 1. The van der Waals surface area contributed by atoms with E-state index in [1.54, 1.807) is 38.1 Å². The van der Waals surface area contributed by atoms with Crippen LogP contribution in [0.4, 0.5) is 0 Å². The number of carbonyl (C=O) groups is 3. The van der Waals surface area contributed by atoms with Crippen LogP contribution in [0.15, 0.2) is 52.8 Å². The predicted octanol–water partition coefficient (Wildman–Crippen LogP) is 2.93. The Morgan fingerprint density at radius 1 is 1.15 bits per heavy atom. The molecule has 0 aliphatic heterocycles. The van der Waals surface area contributed by atoms with Crippen LogP contribution in [-0.4, -0.2) is 28.9 Å². The normalized spacial score (nSPS) is 12.5. The van der Waals surface area contributed by atoms with Gasteiger partial charge in [-0.05, 0) is 41.8 Å². The van der Waals surface area contributed by atoms with Crippen molar-refractivity contribution in [1.82, 2.24) is 10.6 Å². The third-order valence-electron chi connectivity index (χ3n) is 3.64. The molecular formula is C19H19ClN2O5. The molecule has 8 heteroatoms. The van der Waals surface area contributed by atoms with Crippen molar-refractivity contribution < 1.29 is 23.9 Å². The van der Waals surface area contributed by atoms with Gasteiger partial charge in [0, 0.05) is 5.02 Å². The zero-order chi connectivity index (χ0) is 20.0. The summed E-state index contributed by atoms with van der Waals surface area (Å²) in [5.41, 5.74) is 0.478. The Bertz CT molecular complexity index is 841. The standard InChI is InChI=1S/C19H19ClN2O5/c1-11(2)16(19(25)26)22-17(23)14(10-12-5-7-13(20)8-6-12)21-18(24)15-4-3-9-27-15/h3-11,16H,1-2H3,(H,21,24)(H,22,23)(H,25,26). The van der Waals surface area contributed by atoms with Crippen molar-refractivity contribution in [3.63, 3.8) is 0 Å². The summed E-state index contributed by atoms with van der Waals surface area (Å²) in [6, 6.07) is 8.46. The van der Waals surface area contributed by atoms with Crippen LogP contribution >= 0.6 is 11.6 Å². The summed E-state index contributed by atoms with van der Waals surface area (Å²) < 4.78 is 5.02. The molecule has 142 valence electrons. The molecule has 0 saturated heterocycles. The lowest BCUT2D eigenvalue weighted by Crippen LogP contribution is -2.47. The molecule has 0 aliphatic carbocycles. The Hall–Kier alpha value is -3.06. The fourth-order valence-corrected chi connectivity index (χ4v) is 2.33. The van der Waals surface area contributed by atoms with Gasteiger partial charge in [-0.1, -0.05) is 37.6 Å². The first-order valence-electron chi connectivity index (χ1n) is 8.13. The molecule has 0 fully saturated rings. The van der Waals surface area contributed by atoms with E-state index in [0.29, 0.717) is 10.6 Å². The molecule has 0 spiro atoms. The molecule has 1 aromatic carbocycles. The van der Waals surface area contributed by atoms with Crippen LogP contribution < -0.4 is 10.6 Å². The van der Waals surface area contributed by atoms with E-state index in [1.807, 2.05) is 0 Å². The Balaban J connectivity index is 2.30. The van der Waals surface area contributed by atoms with Gasteiger partial charge in [-0.3, -0.25) is 9.59 Å². The quantitative estimate of drug-likeness (QED) is 0.630. The first-order valence-corrected chi connectivity index (χ1v) is 8.51. The number of furan rings is 1. The van der Waals surface area contributed by atoms with Crippen LogP contribution in [-0.2, 0) is 9.59 Å². The summed E-state index contributed by atoms with van der Waals surface area (Å²) in [7, 11) is 0. The third kappa shape index (κ3) is 5.72. The van der Waals surface area contributed by atoms with E-state index in [-0.39, 0.29) is 17.4 Å². The van der Waals surface area contributed by atoms with Gasteiger partial charge < -0.3 is 20.2 Å². The van der Waals surface area contributed by atoms with E-state index in [0.717, 1.165) is 0 Å². The molecule has 1 atom stereocenters. The number of nitrogens with one attached hydrogen (secondary N) is 2. The highest BCUT2D eigenvalue weighted by atomic mass is 35.5. The van der Waals surface area contributed by atoms with Crippen LogP contribution in [0.1, 0.15) is 30.0 Å². The van der Waals surface area contributed by atoms with E-state index in [2.05, 4.69) is 10.6 Å². The topological polar surface area (TPSA) is 109 Å². The molecular weight excluding hydrogens is 372 g/mol. The molecule has 1 heterocycles. The Labute approximate surface area is 161 Å². The molecule has 1 aromatic heterocycles.